The summed E-state index contributed by atoms with van der Waals surface area (Å²) in [5.41, 5.74) is 2.09. The number of aliphatic hydroxyl groups is 1. The summed E-state index contributed by atoms with van der Waals surface area (Å²) in [5.74, 6) is 0. The molecule has 0 spiro atoms. The largest absolute Gasteiger partial charge is 0.391 e. The van der Waals surface area contributed by atoms with Gasteiger partial charge in [-0.05, 0) is 17.5 Å². The van der Waals surface area contributed by atoms with Crippen molar-refractivity contribution in [2.24, 2.45) is 5.41 Å². The van der Waals surface area contributed by atoms with Crippen LogP contribution in [0.1, 0.15) is 26.5 Å². The van der Waals surface area contributed by atoms with Crippen LogP contribution < -0.4 is 0 Å². The van der Waals surface area contributed by atoms with E-state index in [-0.39, 0.29) is 11.5 Å². The van der Waals surface area contributed by atoms with Crippen molar-refractivity contribution in [3.8, 4) is 0 Å². The molecule has 3 heterocycles. The first-order valence-electron chi connectivity index (χ1n) is 8.47. The van der Waals surface area contributed by atoms with Gasteiger partial charge in [-0.2, -0.15) is 0 Å². The van der Waals surface area contributed by atoms with Crippen LogP contribution in [0.15, 0.2) is 30.6 Å². The number of β-amino-alcohol motifs (C(OH)–C–C–N with tert-alkyl or cyclic N) is 1. The van der Waals surface area contributed by atoms with Gasteiger partial charge in [0.1, 0.15) is 5.65 Å². The first-order valence-corrected chi connectivity index (χ1v) is 8.47. The highest BCUT2D eigenvalue weighted by Gasteiger charge is 2.26. The van der Waals surface area contributed by atoms with Gasteiger partial charge >= 0.3 is 0 Å². The first kappa shape index (κ1) is 16.4. The minimum Gasteiger partial charge on any atom is -0.391 e. The molecule has 0 radical (unpaired) electrons. The molecule has 0 saturated carbocycles. The summed E-state index contributed by atoms with van der Waals surface area (Å²) >= 11 is 0. The van der Waals surface area contributed by atoms with Gasteiger partial charge in [-0.25, -0.2) is 4.98 Å². The van der Waals surface area contributed by atoms with Crippen LogP contribution >= 0.6 is 0 Å². The number of hydrogen-bond acceptors (Lipinski definition) is 4. The third kappa shape index (κ3) is 4.10. The summed E-state index contributed by atoms with van der Waals surface area (Å²) in [5, 5.41) is 10.3. The second-order valence-electron chi connectivity index (χ2n) is 7.66. The zero-order valence-electron chi connectivity index (χ0n) is 14.4. The number of aromatic nitrogens is 2. The summed E-state index contributed by atoms with van der Waals surface area (Å²) in [7, 11) is 0. The standard InChI is InChI=1S/C18H28N4O/c1-18(2,3)16(23)14-21-10-8-20(9-11-21)12-15-13-22-7-5-4-6-17(22)19-15/h4-7,13,16,23H,8-12,14H2,1-3H3/t16-/m1/s1. The molecule has 2 aromatic heterocycles. The van der Waals surface area contributed by atoms with Crippen molar-refractivity contribution in [3.05, 3.63) is 36.3 Å². The monoisotopic (exact) mass is 316 g/mol. The van der Waals surface area contributed by atoms with Gasteiger partial charge in [0.25, 0.3) is 0 Å². The maximum absolute atomic E-state index is 10.3. The molecule has 126 valence electrons. The molecule has 5 nitrogen and oxygen atoms in total. The summed E-state index contributed by atoms with van der Waals surface area (Å²) in [6.45, 7) is 12.0. The summed E-state index contributed by atoms with van der Waals surface area (Å²) in [4.78, 5) is 9.49. The molecule has 1 N–H and O–H groups in total. The number of aliphatic hydroxyl groups excluding tert-OH is 1. The fourth-order valence-electron chi connectivity index (χ4n) is 2.94. The highest BCUT2D eigenvalue weighted by Crippen LogP contribution is 2.20. The van der Waals surface area contributed by atoms with Crippen LogP contribution in [0.2, 0.25) is 0 Å². The van der Waals surface area contributed by atoms with Gasteiger partial charge in [-0.3, -0.25) is 9.80 Å². The van der Waals surface area contributed by atoms with Gasteiger partial charge in [0.2, 0.25) is 0 Å². The average Bonchev–Trinajstić information content (AvgIpc) is 2.90. The predicted octanol–water partition coefficient (Wildman–Crippen LogP) is 1.86. The average molecular weight is 316 g/mol. The molecule has 0 amide bonds. The second-order valence-corrected chi connectivity index (χ2v) is 7.66. The SMILES string of the molecule is CC(C)(C)[C@H](O)CN1CCN(Cc2cn3ccccc3n2)CC1. The molecule has 0 aromatic carbocycles. The van der Waals surface area contributed by atoms with Crippen molar-refractivity contribution in [1.29, 1.82) is 0 Å². The van der Waals surface area contributed by atoms with Crippen LogP contribution in [-0.2, 0) is 6.54 Å². The molecule has 0 aliphatic carbocycles. The van der Waals surface area contributed by atoms with Gasteiger partial charge < -0.3 is 9.51 Å². The highest BCUT2D eigenvalue weighted by molar-refractivity contribution is 5.39. The predicted molar refractivity (Wildman–Crippen MR) is 92.4 cm³/mol. The Morgan fingerprint density at radius 2 is 1.83 bits per heavy atom. The molecule has 1 aliphatic heterocycles. The maximum atomic E-state index is 10.3. The van der Waals surface area contributed by atoms with Crippen molar-refractivity contribution >= 4 is 5.65 Å². The lowest BCUT2D eigenvalue weighted by Gasteiger charge is -2.37. The summed E-state index contributed by atoms with van der Waals surface area (Å²) in [6.07, 6.45) is 3.88. The number of nitrogens with zero attached hydrogens (tertiary/aromatic N) is 4. The van der Waals surface area contributed by atoms with Crippen LogP contribution in [-0.4, -0.2) is 63.1 Å². The van der Waals surface area contributed by atoms with Crippen molar-refractivity contribution in [2.75, 3.05) is 32.7 Å². The topological polar surface area (TPSA) is 44.0 Å². The van der Waals surface area contributed by atoms with E-state index >= 15 is 0 Å². The van der Waals surface area contributed by atoms with E-state index in [1.165, 1.54) is 0 Å². The number of imidazole rings is 1. The normalized spacial score (nSPS) is 19.3. The van der Waals surface area contributed by atoms with Crippen LogP contribution in [0.25, 0.3) is 5.65 Å². The number of fused-ring (bicyclic) bond motifs is 1. The Labute approximate surface area is 138 Å². The van der Waals surface area contributed by atoms with Gasteiger partial charge in [-0.15, -0.1) is 0 Å². The zero-order chi connectivity index (χ0) is 16.4. The van der Waals surface area contributed by atoms with Gasteiger partial charge in [0.05, 0.1) is 11.8 Å². The van der Waals surface area contributed by atoms with E-state index in [4.69, 9.17) is 0 Å². The number of hydrogen-bond donors (Lipinski definition) is 1. The second kappa shape index (κ2) is 6.59. The zero-order valence-corrected chi connectivity index (χ0v) is 14.4. The number of rotatable bonds is 4. The molecule has 1 saturated heterocycles. The van der Waals surface area contributed by atoms with Crippen molar-refractivity contribution in [3.63, 3.8) is 0 Å². The van der Waals surface area contributed by atoms with Crippen molar-refractivity contribution in [1.82, 2.24) is 19.2 Å². The molecular weight excluding hydrogens is 288 g/mol. The van der Waals surface area contributed by atoms with E-state index in [1.807, 2.05) is 24.4 Å². The Hall–Kier alpha value is -1.43. The van der Waals surface area contributed by atoms with Crippen LogP contribution in [0.4, 0.5) is 0 Å². The third-order valence-corrected chi connectivity index (χ3v) is 4.70. The first-order chi connectivity index (χ1) is 10.9. The van der Waals surface area contributed by atoms with Crippen molar-refractivity contribution in [2.45, 2.75) is 33.4 Å². The van der Waals surface area contributed by atoms with E-state index in [1.54, 1.807) is 0 Å². The third-order valence-electron chi connectivity index (χ3n) is 4.70. The Morgan fingerprint density at radius 3 is 2.48 bits per heavy atom. The fraction of sp³-hybridized carbons (Fsp3) is 0.611. The Bertz CT molecular complexity index is 605. The molecule has 2 aromatic rings. The molecule has 1 atom stereocenters. The Balaban J connectivity index is 1.51. The van der Waals surface area contributed by atoms with E-state index in [0.717, 1.165) is 50.6 Å². The Morgan fingerprint density at radius 1 is 1.13 bits per heavy atom. The smallest absolute Gasteiger partial charge is 0.137 e. The van der Waals surface area contributed by atoms with Crippen LogP contribution in [0.3, 0.4) is 0 Å². The molecule has 1 fully saturated rings. The lowest BCUT2D eigenvalue weighted by atomic mass is 9.89. The lowest BCUT2D eigenvalue weighted by Crippen LogP contribution is -2.49. The minimum atomic E-state index is -0.271. The molecule has 0 bridgehead atoms. The summed E-state index contributed by atoms with van der Waals surface area (Å²) < 4.78 is 2.07. The van der Waals surface area contributed by atoms with E-state index in [9.17, 15) is 5.11 Å². The molecule has 0 unspecified atom stereocenters. The van der Waals surface area contributed by atoms with E-state index in [2.05, 4.69) is 46.2 Å². The number of piperazine rings is 1. The molecular formula is C18H28N4O. The highest BCUT2D eigenvalue weighted by atomic mass is 16.3. The van der Waals surface area contributed by atoms with E-state index in [0.29, 0.717) is 0 Å². The quantitative estimate of drug-likeness (QED) is 0.935. The van der Waals surface area contributed by atoms with Gasteiger partial charge in [-0.1, -0.05) is 26.8 Å². The van der Waals surface area contributed by atoms with Crippen molar-refractivity contribution < 1.29 is 5.11 Å². The van der Waals surface area contributed by atoms with E-state index < -0.39 is 0 Å². The minimum absolute atomic E-state index is 0.0479. The van der Waals surface area contributed by atoms with Crippen LogP contribution in [0, 0.1) is 5.41 Å². The maximum Gasteiger partial charge on any atom is 0.137 e. The number of pyridine rings is 1. The molecule has 1 aliphatic rings. The lowest BCUT2D eigenvalue weighted by molar-refractivity contribution is 0.0124. The molecule has 5 heteroatoms. The van der Waals surface area contributed by atoms with Gasteiger partial charge in [0, 0.05) is 51.7 Å². The molecule has 23 heavy (non-hydrogen) atoms. The Kier molecular flexibility index (Phi) is 4.71. The van der Waals surface area contributed by atoms with Gasteiger partial charge in [0.15, 0.2) is 0 Å². The molecule has 3 rings (SSSR count). The van der Waals surface area contributed by atoms with Crippen LogP contribution in [0.5, 0.6) is 0 Å². The summed E-state index contributed by atoms with van der Waals surface area (Å²) in [6, 6.07) is 6.08. The fourth-order valence-corrected chi connectivity index (χ4v) is 2.94.